The van der Waals surface area contributed by atoms with Crippen molar-refractivity contribution in [3.05, 3.63) is 47.1 Å². The average molecular weight is 295 g/mol. The number of rotatable bonds is 1. The lowest BCUT2D eigenvalue weighted by molar-refractivity contribution is 0.111. The highest BCUT2D eigenvalue weighted by Crippen LogP contribution is 2.31. The van der Waals surface area contributed by atoms with Crippen molar-refractivity contribution in [2.45, 2.75) is 37.8 Å². The molecule has 1 fully saturated rings. The van der Waals surface area contributed by atoms with Gasteiger partial charge >= 0.3 is 0 Å². The van der Waals surface area contributed by atoms with E-state index in [1.807, 2.05) is 28.8 Å². The number of aliphatic hydroxyl groups is 1. The molecule has 0 amide bonds. The molecule has 0 aliphatic heterocycles. The molecule has 0 saturated heterocycles. The van der Waals surface area contributed by atoms with Crippen LogP contribution < -0.4 is 5.56 Å². The third-order valence-electron chi connectivity index (χ3n) is 4.62. The quantitative estimate of drug-likeness (QED) is 0.700. The summed E-state index contributed by atoms with van der Waals surface area (Å²) in [6.45, 7) is 0. The fraction of sp³-hybridized carbons (Fsp3) is 0.353. The van der Waals surface area contributed by atoms with Gasteiger partial charge in [0.15, 0.2) is 0 Å². The predicted molar refractivity (Wildman–Crippen MR) is 84.8 cm³/mol. The van der Waals surface area contributed by atoms with E-state index >= 15 is 0 Å². The van der Waals surface area contributed by atoms with Crippen LogP contribution in [0.1, 0.15) is 31.7 Å². The standard InChI is InChI=1S/C17H17N3O2/c21-12-7-5-11(6-8-12)20-16-15(9-18-10-19-16)13-3-1-2-4-14(13)17(20)22/h1-4,9-12,21H,5-8H2/t11-,12+. The summed E-state index contributed by atoms with van der Waals surface area (Å²) in [6.07, 6.45) is 6.10. The zero-order valence-corrected chi connectivity index (χ0v) is 12.1. The monoisotopic (exact) mass is 295 g/mol. The highest BCUT2D eigenvalue weighted by Gasteiger charge is 2.24. The Balaban J connectivity index is 2.03. The van der Waals surface area contributed by atoms with Crippen LogP contribution in [0.25, 0.3) is 21.8 Å². The second-order valence-corrected chi connectivity index (χ2v) is 5.94. The lowest BCUT2D eigenvalue weighted by Crippen LogP contribution is -2.30. The normalized spacial score (nSPS) is 22.2. The van der Waals surface area contributed by atoms with Crippen LogP contribution in [0.5, 0.6) is 0 Å². The molecule has 112 valence electrons. The molecule has 5 nitrogen and oxygen atoms in total. The van der Waals surface area contributed by atoms with Gasteiger partial charge in [0.2, 0.25) is 0 Å². The summed E-state index contributed by atoms with van der Waals surface area (Å²) in [5, 5.41) is 12.2. The summed E-state index contributed by atoms with van der Waals surface area (Å²) in [5.74, 6) is 0. The molecule has 1 saturated carbocycles. The van der Waals surface area contributed by atoms with E-state index in [2.05, 4.69) is 9.97 Å². The van der Waals surface area contributed by atoms with Crippen molar-refractivity contribution in [2.24, 2.45) is 0 Å². The van der Waals surface area contributed by atoms with Crippen LogP contribution in [0.3, 0.4) is 0 Å². The van der Waals surface area contributed by atoms with Crippen molar-refractivity contribution < 1.29 is 5.11 Å². The molecule has 0 spiro atoms. The van der Waals surface area contributed by atoms with Crippen molar-refractivity contribution in [3.8, 4) is 0 Å². The van der Waals surface area contributed by atoms with Gasteiger partial charge in [0.05, 0.1) is 6.10 Å². The molecule has 1 N–H and O–H groups in total. The van der Waals surface area contributed by atoms with Crippen LogP contribution in [0.15, 0.2) is 41.6 Å². The Morgan fingerprint density at radius 1 is 1.05 bits per heavy atom. The minimum Gasteiger partial charge on any atom is -0.393 e. The first kappa shape index (κ1) is 13.4. The molecule has 1 aliphatic carbocycles. The van der Waals surface area contributed by atoms with E-state index in [-0.39, 0.29) is 17.7 Å². The number of fused-ring (bicyclic) bond motifs is 3. The van der Waals surface area contributed by atoms with Gasteiger partial charge in [-0.3, -0.25) is 9.36 Å². The van der Waals surface area contributed by atoms with E-state index in [4.69, 9.17) is 0 Å². The lowest BCUT2D eigenvalue weighted by Gasteiger charge is -2.28. The second kappa shape index (κ2) is 5.18. The van der Waals surface area contributed by atoms with Gasteiger partial charge in [-0.1, -0.05) is 18.2 Å². The Kier molecular flexibility index (Phi) is 3.15. The maximum Gasteiger partial charge on any atom is 0.260 e. The summed E-state index contributed by atoms with van der Waals surface area (Å²) in [5.41, 5.74) is 0.697. The topological polar surface area (TPSA) is 68.0 Å². The number of hydrogen-bond acceptors (Lipinski definition) is 4. The third-order valence-corrected chi connectivity index (χ3v) is 4.62. The molecule has 0 radical (unpaired) electrons. The molecule has 2 heterocycles. The first-order chi connectivity index (χ1) is 10.8. The summed E-state index contributed by atoms with van der Waals surface area (Å²) >= 11 is 0. The zero-order valence-electron chi connectivity index (χ0n) is 12.1. The van der Waals surface area contributed by atoms with E-state index in [0.717, 1.165) is 36.5 Å². The number of hydrogen-bond donors (Lipinski definition) is 1. The highest BCUT2D eigenvalue weighted by atomic mass is 16.3. The Labute approximate surface area is 127 Å². The minimum absolute atomic E-state index is 0.00295. The molecule has 1 aromatic carbocycles. The number of aromatic nitrogens is 3. The second-order valence-electron chi connectivity index (χ2n) is 5.94. The van der Waals surface area contributed by atoms with Gasteiger partial charge in [0.1, 0.15) is 12.0 Å². The van der Waals surface area contributed by atoms with Gasteiger partial charge in [0.25, 0.3) is 5.56 Å². The first-order valence-electron chi connectivity index (χ1n) is 7.66. The molecule has 3 aromatic rings. The number of pyridine rings is 1. The van der Waals surface area contributed by atoms with Crippen LogP contribution in [0, 0.1) is 0 Å². The van der Waals surface area contributed by atoms with E-state index in [9.17, 15) is 9.90 Å². The van der Waals surface area contributed by atoms with Crippen LogP contribution in [-0.2, 0) is 0 Å². The van der Waals surface area contributed by atoms with Gasteiger partial charge in [-0.05, 0) is 37.1 Å². The molecule has 4 rings (SSSR count). The van der Waals surface area contributed by atoms with Crippen molar-refractivity contribution >= 4 is 21.8 Å². The lowest BCUT2D eigenvalue weighted by atomic mass is 9.92. The molecule has 22 heavy (non-hydrogen) atoms. The van der Waals surface area contributed by atoms with Crippen LogP contribution in [0.4, 0.5) is 0 Å². The van der Waals surface area contributed by atoms with Crippen molar-refractivity contribution in [3.63, 3.8) is 0 Å². The molecule has 2 aromatic heterocycles. The van der Waals surface area contributed by atoms with E-state index < -0.39 is 0 Å². The van der Waals surface area contributed by atoms with Crippen molar-refractivity contribution in [2.75, 3.05) is 0 Å². The molecular formula is C17H17N3O2. The molecule has 0 bridgehead atoms. The van der Waals surface area contributed by atoms with Crippen molar-refractivity contribution in [1.82, 2.24) is 14.5 Å². The van der Waals surface area contributed by atoms with Gasteiger partial charge in [-0.2, -0.15) is 0 Å². The molecule has 0 unspecified atom stereocenters. The molecule has 0 atom stereocenters. The Hall–Kier alpha value is -2.27. The zero-order chi connectivity index (χ0) is 15.1. The fourth-order valence-corrected chi connectivity index (χ4v) is 3.49. The molecule has 1 aliphatic rings. The molecular weight excluding hydrogens is 278 g/mol. The minimum atomic E-state index is -0.242. The maximum atomic E-state index is 13.0. The van der Waals surface area contributed by atoms with Gasteiger partial charge in [-0.25, -0.2) is 9.97 Å². The SMILES string of the molecule is O=c1c2ccccc2c2cncnc2n1[C@H]1CC[C@@H](O)CC1. The number of benzene rings is 1. The predicted octanol–water partition coefficient (Wildman–Crippen LogP) is 2.42. The third kappa shape index (κ3) is 2.01. The average Bonchev–Trinajstić information content (AvgIpc) is 2.57. The first-order valence-corrected chi connectivity index (χ1v) is 7.66. The number of aliphatic hydroxyl groups excluding tert-OH is 1. The Morgan fingerprint density at radius 3 is 2.55 bits per heavy atom. The van der Waals surface area contributed by atoms with Crippen molar-refractivity contribution in [1.29, 1.82) is 0 Å². The van der Waals surface area contributed by atoms with Crippen LogP contribution in [-0.4, -0.2) is 25.7 Å². The summed E-state index contributed by atoms with van der Waals surface area (Å²) in [7, 11) is 0. The van der Waals surface area contributed by atoms with E-state index in [1.54, 1.807) is 6.20 Å². The fourth-order valence-electron chi connectivity index (χ4n) is 3.49. The van der Waals surface area contributed by atoms with Crippen LogP contribution >= 0.6 is 0 Å². The smallest absolute Gasteiger partial charge is 0.260 e. The van der Waals surface area contributed by atoms with Gasteiger partial charge in [0, 0.05) is 23.0 Å². The summed E-state index contributed by atoms with van der Waals surface area (Å²) < 4.78 is 1.81. The molecule has 5 heteroatoms. The van der Waals surface area contributed by atoms with Crippen LogP contribution in [0.2, 0.25) is 0 Å². The Morgan fingerprint density at radius 2 is 1.77 bits per heavy atom. The van der Waals surface area contributed by atoms with Gasteiger partial charge < -0.3 is 5.11 Å². The van der Waals surface area contributed by atoms with Gasteiger partial charge in [-0.15, -0.1) is 0 Å². The summed E-state index contributed by atoms with van der Waals surface area (Å²) in [4.78, 5) is 21.5. The summed E-state index contributed by atoms with van der Waals surface area (Å²) in [6, 6.07) is 7.71. The number of nitrogens with zero attached hydrogens (tertiary/aromatic N) is 3. The largest absolute Gasteiger partial charge is 0.393 e. The maximum absolute atomic E-state index is 13.0. The van der Waals surface area contributed by atoms with E-state index in [0.29, 0.717) is 11.0 Å². The highest BCUT2D eigenvalue weighted by molar-refractivity contribution is 6.03. The van der Waals surface area contributed by atoms with E-state index in [1.165, 1.54) is 6.33 Å². The Bertz CT molecular complexity index is 895.